The molecule has 1 aliphatic heterocycles. The smallest absolute Gasteiger partial charge is 0.228 e. The Bertz CT molecular complexity index is 434. The molecule has 1 heterocycles. The van der Waals surface area contributed by atoms with Crippen molar-refractivity contribution in [2.75, 3.05) is 26.2 Å². The number of hydrogen-bond donors (Lipinski definition) is 1. The minimum atomic E-state index is -0.251. The number of benzene rings is 1. The van der Waals surface area contributed by atoms with Gasteiger partial charge in [-0.15, -0.1) is 0 Å². The van der Waals surface area contributed by atoms with E-state index in [2.05, 4.69) is 43.4 Å². The quantitative estimate of drug-likeness (QED) is 0.903. The van der Waals surface area contributed by atoms with Crippen molar-refractivity contribution in [3.8, 4) is 0 Å². The molecule has 0 saturated carbocycles. The van der Waals surface area contributed by atoms with E-state index in [1.54, 1.807) is 0 Å². The van der Waals surface area contributed by atoms with Crippen LogP contribution in [0.1, 0.15) is 38.7 Å². The van der Waals surface area contributed by atoms with Crippen LogP contribution >= 0.6 is 0 Å². The summed E-state index contributed by atoms with van der Waals surface area (Å²) in [7, 11) is 0. The fraction of sp³-hybridized carbons (Fsp3) is 0.611. The Hall–Kier alpha value is -1.35. The van der Waals surface area contributed by atoms with Crippen LogP contribution in [0.4, 0.5) is 0 Å². The van der Waals surface area contributed by atoms with E-state index < -0.39 is 0 Å². The summed E-state index contributed by atoms with van der Waals surface area (Å²) in [4.78, 5) is 14.8. The number of carbonyl (C=O) groups is 1. The predicted octanol–water partition coefficient (Wildman–Crippen LogP) is 2.86. The highest BCUT2D eigenvalue weighted by atomic mass is 16.2. The highest BCUT2D eigenvalue weighted by Crippen LogP contribution is 2.26. The Labute approximate surface area is 128 Å². The normalized spacial score (nSPS) is 16.6. The Morgan fingerprint density at radius 1 is 1.19 bits per heavy atom. The first-order chi connectivity index (χ1) is 10.1. The molecule has 0 atom stereocenters. The minimum Gasteiger partial charge on any atom is -0.341 e. The van der Waals surface area contributed by atoms with Crippen LogP contribution in [0.2, 0.25) is 0 Å². The second-order valence-electron chi connectivity index (χ2n) is 6.62. The number of nitrogens with zero attached hydrogens (tertiary/aromatic N) is 1. The van der Waals surface area contributed by atoms with Gasteiger partial charge in [0.1, 0.15) is 0 Å². The SMILES string of the molecule is CC(C)(CCCc1ccccc1)C(=O)N1CCCNCC1. The van der Waals surface area contributed by atoms with Gasteiger partial charge in [-0.05, 0) is 37.8 Å². The highest BCUT2D eigenvalue weighted by molar-refractivity contribution is 5.82. The molecule has 1 fully saturated rings. The van der Waals surface area contributed by atoms with Crippen molar-refractivity contribution in [2.24, 2.45) is 5.41 Å². The summed E-state index contributed by atoms with van der Waals surface area (Å²) >= 11 is 0. The van der Waals surface area contributed by atoms with Crippen molar-refractivity contribution in [2.45, 2.75) is 39.5 Å². The van der Waals surface area contributed by atoms with E-state index in [1.165, 1.54) is 5.56 Å². The Morgan fingerprint density at radius 3 is 2.71 bits per heavy atom. The van der Waals surface area contributed by atoms with E-state index in [0.29, 0.717) is 5.91 Å². The van der Waals surface area contributed by atoms with Gasteiger partial charge in [0.2, 0.25) is 5.91 Å². The zero-order valence-corrected chi connectivity index (χ0v) is 13.4. The summed E-state index contributed by atoms with van der Waals surface area (Å²) in [5.74, 6) is 0.319. The second kappa shape index (κ2) is 7.60. The van der Waals surface area contributed by atoms with Gasteiger partial charge in [-0.1, -0.05) is 44.2 Å². The molecule has 116 valence electrons. The zero-order chi connectivity index (χ0) is 15.1. The van der Waals surface area contributed by atoms with Crippen molar-refractivity contribution < 1.29 is 4.79 Å². The van der Waals surface area contributed by atoms with Crippen molar-refractivity contribution in [3.05, 3.63) is 35.9 Å². The fourth-order valence-electron chi connectivity index (χ4n) is 2.96. The molecule has 0 spiro atoms. The predicted molar refractivity (Wildman–Crippen MR) is 87.2 cm³/mol. The van der Waals surface area contributed by atoms with Gasteiger partial charge in [-0.25, -0.2) is 0 Å². The number of rotatable bonds is 5. The average Bonchev–Trinajstić information content (AvgIpc) is 2.76. The molecule has 0 aromatic heterocycles. The summed E-state index contributed by atoms with van der Waals surface area (Å²) in [6.45, 7) is 7.89. The Kier molecular flexibility index (Phi) is 5.80. The maximum Gasteiger partial charge on any atom is 0.228 e. The number of aryl methyl sites for hydroxylation is 1. The van der Waals surface area contributed by atoms with Crippen LogP contribution in [0.3, 0.4) is 0 Å². The average molecular weight is 288 g/mol. The van der Waals surface area contributed by atoms with Gasteiger partial charge in [0.25, 0.3) is 0 Å². The molecule has 21 heavy (non-hydrogen) atoms. The van der Waals surface area contributed by atoms with Crippen molar-refractivity contribution >= 4 is 5.91 Å². The van der Waals surface area contributed by atoms with Crippen LogP contribution < -0.4 is 5.32 Å². The Balaban J connectivity index is 1.83. The van der Waals surface area contributed by atoms with Crippen LogP contribution in [-0.2, 0) is 11.2 Å². The van der Waals surface area contributed by atoms with E-state index in [-0.39, 0.29) is 5.41 Å². The van der Waals surface area contributed by atoms with E-state index in [4.69, 9.17) is 0 Å². The molecule has 3 heteroatoms. The first-order valence-electron chi connectivity index (χ1n) is 8.14. The lowest BCUT2D eigenvalue weighted by molar-refractivity contribution is -0.140. The van der Waals surface area contributed by atoms with Crippen LogP contribution in [0.25, 0.3) is 0 Å². The van der Waals surface area contributed by atoms with Gasteiger partial charge >= 0.3 is 0 Å². The molecule has 0 aliphatic carbocycles. The first-order valence-corrected chi connectivity index (χ1v) is 8.14. The van der Waals surface area contributed by atoms with Gasteiger partial charge in [-0.3, -0.25) is 4.79 Å². The summed E-state index contributed by atoms with van der Waals surface area (Å²) < 4.78 is 0. The number of amides is 1. The molecule has 1 aromatic carbocycles. The lowest BCUT2D eigenvalue weighted by Gasteiger charge is -2.31. The molecule has 1 saturated heterocycles. The molecule has 2 rings (SSSR count). The lowest BCUT2D eigenvalue weighted by atomic mass is 9.85. The largest absolute Gasteiger partial charge is 0.341 e. The molecule has 1 aliphatic rings. The monoisotopic (exact) mass is 288 g/mol. The summed E-state index contributed by atoms with van der Waals surface area (Å²) in [5, 5.41) is 3.35. The van der Waals surface area contributed by atoms with Gasteiger partial charge < -0.3 is 10.2 Å². The Morgan fingerprint density at radius 2 is 1.95 bits per heavy atom. The minimum absolute atomic E-state index is 0.251. The molecule has 1 aromatic rings. The summed E-state index contributed by atoms with van der Waals surface area (Å²) in [6, 6.07) is 10.5. The first kappa shape index (κ1) is 16.0. The van der Waals surface area contributed by atoms with Gasteiger partial charge in [0.15, 0.2) is 0 Å². The maximum atomic E-state index is 12.7. The van der Waals surface area contributed by atoms with Gasteiger partial charge in [0.05, 0.1) is 0 Å². The van der Waals surface area contributed by atoms with Crippen molar-refractivity contribution in [1.82, 2.24) is 10.2 Å². The lowest BCUT2D eigenvalue weighted by Crippen LogP contribution is -2.42. The van der Waals surface area contributed by atoms with Crippen LogP contribution in [0, 0.1) is 5.41 Å². The third-order valence-electron chi connectivity index (χ3n) is 4.32. The number of nitrogens with one attached hydrogen (secondary N) is 1. The highest BCUT2D eigenvalue weighted by Gasteiger charge is 2.31. The van der Waals surface area contributed by atoms with E-state index in [9.17, 15) is 4.79 Å². The fourth-order valence-corrected chi connectivity index (χ4v) is 2.96. The molecule has 0 radical (unpaired) electrons. The summed E-state index contributed by atoms with van der Waals surface area (Å²) in [5.41, 5.74) is 1.11. The third kappa shape index (κ3) is 4.85. The molecule has 1 amide bonds. The van der Waals surface area contributed by atoms with Gasteiger partial charge in [-0.2, -0.15) is 0 Å². The van der Waals surface area contributed by atoms with Gasteiger partial charge in [0, 0.05) is 25.0 Å². The molecular formula is C18H28N2O. The molecule has 0 bridgehead atoms. The summed E-state index contributed by atoms with van der Waals surface area (Å²) in [6.07, 6.45) is 4.13. The van der Waals surface area contributed by atoms with E-state index >= 15 is 0 Å². The number of hydrogen-bond acceptors (Lipinski definition) is 2. The molecule has 1 N–H and O–H groups in total. The maximum absolute atomic E-state index is 12.7. The zero-order valence-electron chi connectivity index (χ0n) is 13.4. The number of carbonyl (C=O) groups excluding carboxylic acids is 1. The van der Waals surface area contributed by atoms with Crippen LogP contribution in [0.5, 0.6) is 0 Å². The molecule has 0 unspecified atom stereocenters. The van der Waals surface area contributed by atoms with Crippen LogP contribution in [0.15, 0.2) is 30.3 Å². The third-order valence-corrected chi connectivity index (χ3v) is 4.32. The second-order valence-corrected chi connectivity index (χ2v) is 6.62. The van der Waals surface area contributed by atoms with E-state index in [0.717, 1.165) is 51.9 Å². The van der Waals surface area contributed by atoms with E-state index in [1.807, 2.05) is 11.0 Å². The standard InChI is InChI=1S/C18H28N2O/c1-18(2,11-6-10-16-8-4-3-5-9-16)17(21)20-14-7-12-19-13-15-20/h3-5,8-9,19H,6-7,10-15H2,1-2H3. The van der Waals surface area contributed by atoms with Crippen molar-refractivity contribution in [1.29, 1.82) is 0 Å². The van der Waals surface area contributed by atoms with Crippen LogP contribution in [-0.4, -0.2) is 37.0 Å². The topological polar surface area (TPSA) is 32.3 Å². The molecular weight excluding hydrogens is 260 g/mol. The molecule has 3 nitrogen and oxygen atoms in total. The van der Waals surface area contributed by atoms with Crippen molar-refractivity contribution in [3.63, 3.8) is 0 Å².